The molecule has 0 aromatic rings. The lowest BCUT2D eigenvalue weighted by molar-refractivity contribution is 0.286. The van der Waals surface area contributed by atoms with Crippen molar-refractivity contribution in [2.45, 2.75) is 58.3 Å². The molecule has 0 amide bonds. The molecule has 0 saturated carbocycles. The summed E-state index contributed by atoms with van der Waals surface area (Å²) in [4.78, 5) is 0. The second kappa shape index (κ2) is 17.2. The van der Waals surface area contributed by atoms with Gasteiger partial charge in [0.1, 0.15) is 0 Å². The van der Waals surface area contributed by atoms with Crippen LogP contribution < -0.4 is 17.1 Å². The van der Waals surface area contributed by atoms with Gasteiger partial charge in [0.25, 0.3) is 0 Å². The predicted molar refractivity (Wildman–Crippen MR) is 72.7 cm³/mol. The summed E-state index contributed by atoms with van der Waals surface area (Å²) < 4.78 is 0. The molecule has 5 N–H and O–H groups in total. The molecule has 4 heteroatoms. The van der Waals surface area contributed by atoms with Crippen molar-refractivity contribution < 1.29 is 0 Å². The Morgan fingerprint density at radius 3 is 1.69 bits per heavy atom. The minimum Gasteiger partial charge on any atom is -0.274 e. The second-order valence-corrected chi connectivity index (χ2v) is 4.28. The molecule has 0 saturated heterocycles. The molecule has 0 rings (SSSR count). The molecule has 0 aromatic heterocycles. The zero-order valence-electron chi connectivity index (χ0n) is 11.5. The zero-order valence-corrected chi connectivity index (χ0v) is 11.5. The predicted octanol–water partition coefficient (Wildman–Crippen LogP) is 2.01. The summed E-state index contributed by atoms with van der Waals surface area (Å²) in [5.74, 6) is 8.00. The summed E-state index contributed by atoms with van der Waals surface area (Å²) in [6.07, 6.45) is 11.2. The third-order valence-electron chi connectivity index (χ3n) is 2.46. The van der Waals surface area contributed by atoms with Gasteiger partial charge in [0.05, 0.1) is 0 Å². The lowest BCUT2D eigenvalue weighted by Crippen LogP contribution is -2.30. The number of rotatable bonds is 10. The van der Waals surface area contributed by atoms with Crippen molar-refractivity contribution in [3.8, 4) is 0 Å². The van der Waals surface area contributed by atoms with E-state index in [-0.39, 0.29) is 0 Å². The van der Waals surface area contributed by atoms with Crippen molar-refractivity contribution in [1.29, 1.82) is 0 Å². The summed E-state index contributed by atoms with van der Waals surface area (Å²) in [5.41, 5.74) is 3.29. The van der Waals surface area contributed by atoms with Gasteiger partial charge in [-0.05, 0) is 6.42 Å². The molecular weight excluding hydrogens is 200 g/mol. The first-order valence-electron chi connectivity index (χ1n) is 6.51. The van der Waals surface area contributed by atoms with Crippen LogP contribution in [0.5, 0.6) is 0 Å². The standard InChI is InChI=1S/C12H28N2.H4N2/c1-4-5-6-7-8-9-10-11-12-13-14(2)3;1-2/h13H,4-12H2,1-3H3;1-2H2. The summed E-state index contributed by atoms with van der Waals surface area (Å²) in [7, 11) is 4.09. The molecule has 0 aliphatic rings. The van der Waals surface area contributed by atoms with E-state index in [0.29, 0.717) is 0 Å². The molecule has 0 fully saturated rings. The fourth-order valence-corrected chi connectivity index (χ4v) is 1.56. The van der Waals surface area contributed by atoms with Crippen LogP contribution in [0.2, 0.25) is 0 Å². The van der Waals surface area contributed by atoms with E-state index in [0.717, 1.165) is 6.54 Å². The molecule has 0 radical (unpaired) electrons. The first-order chi connectivity index (χ1) is 7.77. The molecule has 4 nitrogen and oxygen atoms in total. The van der Waals surface area contributed by atoms with Crippen LogP contribution in [-0.2, 0) is 0 Å². The van der Waals surface area contributed by atoms with E-state index in [1.807, 2.05) is 19.1 Å². The number of nitrogens with two attached hydrogens (primary N) is 2. The van der Waals surface area contributed by atoms with Crippen LogP contribution >= 0.6 is 0 Å². The molecule has 0 atom stereocenters. The maximum atomic E-state index is 4.00. The summed E-state index contributed by atoms with van der Waals surface area (Å²) in [6.45, 7) is 3.40. The maximum Gasteiger partial charge on any atom is 0.0102 e. The van der Waals surface area contributed by atoms with Gasteiger partial charge < -0.3 is 0 Å². The molecule has 0 heterocycles. The maximum absolute atomic E-state index is 4.00. The molecule has 0 spiro atoms. The number of hydrogen-bond donors (Lipinski definition) is 3. The Balaban J connectivity index is 0. The molecular formula is C12H32N4. The van der Waals surface area contributed by atoms with E-state index in [1.165, 1.54) is 51.4 Å². The SMILES string of the molecule is CCCCCCCCCCNN(C)C.NN. The van der Waals surface area contributed by atoms with Crippen LogP contribution in [0.15, 0.2) is 0 Å². The molecule has 16 heavy (non-hydrogen) atoms. The van der Waals surface area contributed by atoms with Crippen LogP contribution in [0, 0.1) is 0 Å². The summed E-state index contributed by atoms with van der Waals surface area (Å²) in [6, 6.07) is 0. The molecule has 0 aromatic carbocycles. The van der Waals surface area contributed by atoms with Gasteiger partial charge in [0.15, 0.2) is 0 Å². The van der Waals surface area contributed by atoms with Crippen molar-refractivity contribution >= 4 is 0 Å². The Morgan fingerprint density at radius 2 is 1.25 bits per heavy atom. The van der Waals surface area contributed by atoms with E-state index in [2.05, 4.69) is 24.0 Å². The van der Waals surface area contributed by atoms with E-state index in [4.69, 9.17) is 0 Å². The second-order valence-electron chi connectivity index (χ2n) is 4.28. The number of nitrogens with one attached hydrogen (secondary N) is 1. The van der Waals surface area contributed by atoms with E-state index >= 15 is 0 Å². The highest BCUT2D eigenvalue weighted by Crippen LogP contribution is 2.07. The van der Waals surface area contributed by atoms with Gasteiger partial charge in [-0.25, -0.2) is 0 Å². The smallest absolute Gasteiger partial charge is 0.0102 e. The van der Waals surface area contributed by atoms with Gasteiger partial charge in [-0.3, -0.25) is 22.1 Å². The Morgan fingerprint density at radius 1 is 0.812 bits per heavy atom. The number of unbranched alkanes of at least 4 members (excludes halogenated alkanes) is 7. The van der Waals surface area contributed by atoms with Gasteiger partial charge in [-0.2, -0.15) is 0 Å². The van der Waals surface area contributed by atoms with Crippen LogP contribution in [-0.4, -0.2) is 25.6 Å². The molecule has 100 valence electrons. The van der Waals surface area contributed by atoms with Crippen molar-refractivity contribution in [3.05, 3.63) is 0 Å². The Kier molecular flexibility index (Phi) is 19.6. The summed E-state index contributed by atoms with van der Waals surface area (Å²) in [5, 5.41) is 2.03. The van der Waals surface area contributed by atoms with E-state index in [1.54, 1.807) is 0 Å². The first-order valence-corrected chi connectivity index (χ1v) is 6.51. The van der Waals surface area contributed by atoms with Crippen LogP contribution in [0.4, 0.5) is 0 Å². The number of hydrogen-bond acceptors (Lipinski definition) is 4. The topological polar surface area (TPSA) is 67.3 Å². The van der Waals surface area contributed by atoms with Gasteiger partial charge in [-0.15, -0.1) is 0 Å². The van der Waals surface area contributed by atoms with Gasteiger partial charge in [0.2, 0.25) is 0 Å². The van der Waals surface area contributed by atoms with Crippen molar-refractivity contribution in [3.63, 3.8) is 0 Å². The van der Waals surface area contributed by atoms with Gasteiger partial charge in [0, 0.05) is 20.6 Å². The van der Waals surface area contributed by atoms with E-state index < -0.39 is 0 Å². The fraction of sp³-hybridized carbons (Fsp3) is 1.00. The van der Waals surface area contributed by atoms with Gasteiger partial charge in [-0.1, -0.05) is 51.9 Å². The number of hydrazine groups is 2. The van der Waals surface area contributed by atoms with Gasteiger partial charge >= 0.3 is 0 Å². The monoisotopic (exact) mass is 232 g/mol. The normalized spacial score (nSPS) is 10.1. The molecule has 0 bridgehead atoms. The van der Waals surface area contributed by atoms with Crippen molar-refractivity contribution in [2.75, 3.05) is 20.6 Å². The third kappa shape index (κ3) is 19.4. The highest BCUT2D eigenvalue weighted by atomic mass is 15.5. The van der Waals surface area contributed by atoms with Crippen molar-refractivity contribution in [1.82, 2.24) is 10.4 Å². The van der Waals surface area contributed by atoms with Crippen LogP contribution in [0.3, 0.4) is 0 Å². The lowest BCUT2D eigenvalue weighted by atomic mass is 10.1. The van der Waals surface area contributed by atoms with Crippen LogP contribution in [0.1, 0.15) is 58.3 Å². The Bertz CT molecular complexity index is 107. The van der Waals surface area contributed by atoms with Crippen molar-refractivity contribution in [2.24, 2.45) is 11.7 Å². The highest BCUT2D eigenvalue weighted by molar-refractivity contribution is 4.47. The largest absolute Gasteiger partial charge is 0.274 e. The quantitative estimate of drug-likeness (QED) is 0.306. The zero-order chi connectivity index (χ0) is 12.6. The third-order valence-corrected chi connectivity index (χ3v) is 2.46. The molecule has 0 unspecified atom stereocenters. The average Bonchev–Trinajstić information content (AvgIpc) is 2.29. The minimum atomic E-state index is 1.13. The number of nitrogens with zero attached hydrogens (tertiary/aromatic N) is 1. The molecule has 0 aliphatic heterocycles. The average molecular weight is 232 g/mol. The Hall–Kier alpha value is -0.160. The minimum absolute atomic E-state index is 1.13. The highest BCUT2D eigenvalue weighted by Gasteiger charge is 1.91. The lowest BCUT2D eigenvalue weighted by Gasteiger charge is -2.11. The van der Waals surface area contributed by atoms with E-state index in [9.17, 15) is 0 Å². The summed E-state index contributed by atoms with van der Waals surface area (Å²) >= 11 is 0. The fourth-order valence-electron chi connectivity index (χ4n) is 1.56. The van der Waals surface area contributed by atoms with Crippen LogP contribution in [0.25, 0.3) is 0 Å². The molecule has 0 aliphatic carbocycles. The Labute approximate surface area is 102 Å². The first kappa shape index (κ1) is 18.2.